The van der Waals surface area contributed by atoms with E-state index in [2.05, 4.69) is 48.5 Å². The van der Waals surface area contributed by atoms with Crippen LogP contribution in [0.3, 0.4) is 0 Å². The van der Waals surface area contributed by atoms with Gasteiger partial charge >= 0.3 is 0 Å². The number of sulfone groups is 1. The minimum absolute atomic E-state index is 0.319. The Morgan fingerprint density at radius 2 is 0.838 bits per heavy atom. The van der Waals surface area contributed by atoms with Gasteiger partial charge in [0.15, 0.2) is 0 Å². The van der Waals surface area contributed by atoms with Gasteiger partial charge in [0, 0.05) is 11.1 Å². The molecule has 180 valence electrons. The number of hydrogen-bond acceptors (Lipinski definition) is 2. The largest absolute Gasteiger partial charge is 0.218 e. The minimum Gasteiger partial charge on any atom is -0.218 e. The maximum atomic E-state index is 14.4. The molecule has 0 fully saturated rings. The van der Waals surface area contributed by atoms with Crippen LogP contribution in [0.5, 0.6) is 0 Å². The van der Waals surface area contributed by atoms with Crippen molar-refractivity contribution in [2.24, 2.45) is 0 Å². The molecule has 0 atom stereocenters. The highest BCUT2D eigenvalue weighted by atomic mass is 32.2. The number of rotatable bonds is 4. The van der Waals surface area contributed by atoms with E-state index in [4.69, 9.17) is 0 Å². The Kier molecular flexibility index (Phi) is 5.66. The second kappa shape index (κ2) is 9.02. The van der Waals surface area contributed by atoms with E-state index >= 15 is 0 Å². The maximum absolute atomic E-state index is 14.4. The topological polar surface area (TPSA) is 34.1 Å². The number of hydrogen-bond donors (Lipinski definition) is 0. The van der Waals surface area contributed by atoms with Crippen molar-refractivity contribution in [2.75, 3.05) is 0 Å². The zero-order chi connectivity index (χ0) is 25.6. The normalized spacial score (nSPS) is 11.7. The lowest BCUT2D eigenvalue weighted by Crippen LogP contribution is -2.06. The van der Waals surface area contributed by atoms with E-state index in [9.17, 15) is 8.42 Å². The lowest BCUT2D eigenvalue weighted by atomic mass is 10.00. The summed E-state index contributed by atoms with van der Waals surface area (Å²) in [7, 11) is -3.84. The molecule has 0 unspecified atom stereocenters. The molecule has 2 nitrogen and oxygen atoms in total. The number of benzene rings is 6. The fraction of sp³-hybridized carbons (Fsp3) is 0.0588. The van der Waals surface area contributed by atoms with E-state index in [0.29, 0.717) is 9.79 Å². The minimum atomic E-state index is -3.84. The van der Waals surface area contributed by atoms with Gasteiger partial charge in [-0.15, -0.1) is 0 Å². The van der Waals surface area contributed by atoms with Gasteiger partial charge in [-0.2, -0.15) is 0 Å². The molecule has 6 aromatic rings. The summed E-state index contributed by atoms with van der Waals surface area (Å²) < 4.78 is 28.7. The van der Waals surface area contributed by atoms with Crippen molar-refractivity contribution in [3.8, 4) is 22.3 Å². The van der Waals surface area contributed by atoms with E-state index in [1.165, 1.54) is 0 Å². The molecule has 0 amide bonds. The molecule has 0 aliphatic heterocycles. The lowest BCUT2D eigenvalue weighted by Gasteiger charge is -2.16. The van der Waals surface area contributed by atoms with Crippen molar-refractivity contribution in [3.63, 3.8) is 0 Å². The number of fused-ring (bicyclic) bond motifs is 2. The first kappa shape index (κ1) is 23.2. The molecule has 0 N–H and O–H groups in total. The smallest absolute Gasteiger partial charge is 0.207 e. The van der Waals surface area contributed by atoms with Crippen molar-refractivity contribution >= 4 is 31.4 Å². The third kappa shape index (κ3) is 4.22. The summed E-state index contributed by atoms with van der Waals surface area (Å²) in [5.74, 6) is 0. The van der Waals surface area contributed by atoms with E-state index in [0.717, 1.165) is 54.9 Å². The van der Waals surface area contributed by atoms with Crippen molar-refractivity contribution in [1.29, 1.82) is 0 Å². The Balaban J connectivity index is 1.56. The maximum Gasteiger partial charge on any atom is 0.207 e. The van der Waals surface area contributed by atoms with Crippen LogP contribution in [0.1, 0.15) is 11.1 Å². The van der Waals surface area contributed by atoms with E-state index in [1.54, 1.807) is 12.1 Å². The monoisotopic (exact) mass is 498 g/mol. The van der Waals surface area contributed by atoms with Crippen LogP contribution in [0.2, 0.25) is 0 Å². The molecule has 0 saturated heterocycles. The molecular weight excluding hydrogens is 472 g/mol. The highest BCUT2D eigenvalue weighted by molar-refractivity contribution is 7.91. The molecule has 0 radical (unpaired) electrons. The molecule has 0 heterocycles. The van der Waals surface area contributed by atoms with Gasteiger partial charge < -0.3 is 0 Å². The SMILES string of the molecule is Cc1ccc(S(=O)(=O)c2ccc(C)cc2-c2ccc3ccccc3c2)c(-c2ccc3ccccc3c2)c1. The summed E-state index contributed by atoms with van der Waals surface area (Å²) in [5, 5.41) is 4.41. The highest BCUT2D eigenvalue weighted by Gasteiger charge is 2.26. The molecule has 0 bridgehead atoms. The quantitative estimate of drug-likeness (QED) is 0.243. The van der Waals surface area contributed by atoms with Crippen molar-refractivity contribution in [2.45, 2.75) is 23.6 Å². The Labute approximate surface area is 217 Å². The van der Waals surface area contributed by atoms with Crippen LogP contribution >= 0.6 is 0 Å². The van der Waals surface area contributed by atoms with Crippen molar-refractivity contribution in [3.05, 3.63) is 132 Å². The van der Waals surface area contributed by atoms with Crippen molar-refractivity contribution in [1.82, 2.24) is 0 Å². The molecule has 0 saturated carbocycles. The summed E-state index contributed by atoms with van der Waals surface area (Å²) >= 11 is 0. The highest BCUT2D eigenvalue weighted by Crippen LogP contribution is 2.38. The fourth-order valence-electron chi connectivity index (χ4n) is 5.04. The van der Waals surface area contributed by atoms with Gasteiger partial charge in [0.25, 0.3) is 0 Å². The van der Waals surface area contributed by atoms with Crippen LogP contribution < -0.4 is 0 Å². The first-order valence-corrected chi connectivity index (χ1v) is 13.8. The molecule has 0 aliphatic rings. The van der Waals surface area contributed by atoms with Gasteiger partial charge in [-0.25, -0.2) is 8.42 Å². The lowest BCUT2D eigenvalue weighted by molar-refractivity contribution is 0.596. The van der Waals surface area contributed by atoms with Crippen LogP contribution in [-0.4, -0.2) is 8.42 Å². The Morgan fingerprint density at radius 1 is 0.432 bits per heavy atom. The standard InChI is InChI=1S/C34H26O2S/c1-23-11-17-33(31(19-23)29-15-13-25-7-3-5-9-27(25)21-29)37(35,36)34-18-12-24(2)20-32(34)30-16-14-26-8-4-6-10-28(26)22-30/h3-22H,1-2H3. The Bertz CT molecular complexity index is 1780. The molecular formula is C34H26O2S. The third-order valence-corrected chi connectivity index (χ3v) is 8.84. The summed E-state index contributed by atoms with van der Waals surface area (Å²) in [5.41, 5.74) is 5.24. The Hall–Kier alpha value is -4.21. The van der Waals surface area contributed by atoms with Crippen molar-refractivity contribution < 1.29 is 8.42 Å². The van der Waals surface area contributed by atoms with Crippen LogP contribution in [0.15, 0.2) is 131 Å². The first-order valence-electron chi connectivity index (χ1n) is 12.3. The van der Waals surface area contributed by atoms with Crippen LogP contribution in [-0.2, 0) is 9.84 Å². The van der Waals surface area contributed by atoms with E-state index < -0.39 is 9.84 Å². The predicted octanol–water partition coefficient (Wildman–Crippen LogP) is 8.78. The van der Waals surface area contributed by atoms with E-state index in [1.807, 2.05) is 74.5 Å². The van der Waals surface area contributed by atoms with Gasteiger partial charge in [0.2, 0.25) is 9.84 Å². The zero-order valence-corrected chi connectivity index (χ0v) is 21.6. The second-order valence-electron chi connectivity index (χ2n) is 9.63. The molecule has 0 spiro atoms. The first-order chi connectivity index (χ1) is 17.9. The van der Waals surface area contributed by atoms with Crippen LogP contribution in [0, 0.1) is 13.8 Å². The molecule has 6 rings (SSSR count). The van der Waals surface area contributed by atoms with Crippen LogP contribution in [0.4, 0.5) is 0 Å². The van der Waals surface area contributed by atoms with Crippen LogP contribution in [0.25, 0.3) is 43.8 Å². The Morgan fingerprint density at radius 3 is 1.27 bits per heavy atom. The fourth-order valence-corrected chi connectivity index (χ4v) is 6.70. The zero-order valence-electron chi connectivity index (χ0n) is 20.8. The second-order valence-corrected chi connectivity index (χ2v) is 11.5. The average Bonchev–Trinajstić information content (AvgIpc) is 2.92. The molecule has 0 aliphatic carbocycles. The molecule has 3 heteroatoms. The van der Waals surface area contributed by atoms with Gasteiger partial charge in [-0.3, -0.25) is 0 Å². The van der Waals surface area contributed by atoms with Gasteiger partial charge in [0.1, 0.15) is 0 Å². The van der Waals surface area contributed by atoms with Gasteiger partial charge in [0.05, 0.1) is 9.79 Å². The molecule has 37 heavy (non-hydrogen) atoms. The summed E-state index contributed by atoms with van der Waals surface area (Å²) in [6, 6.07) is 39.7. The molecule has 0 aromatic heterocycles. The summed E-state index contributed by atoms with van der Waals surface area (Å²) in [4.78, 5) is 0.638. The molecule has 6 aromatic carbocycles. The third-order valence-electron chi connectivity index (χ3n) is 6.97. The van der Waals surface area contributed by atoms with Gasteiger partial charge in [-0.05, 0) is 70.8 Å². The predicted molar refractivity (Wildman–Crippen MR) is 154 cm³/mol. The number of aryl methyl sites for hydroxylation is 2. The summed E-state index contributed by atoms with van der Waals surface area (Å²) in [6.45, 7) is 3.99. The van der Waals surface area contributed by atoms with E-state index in [-0.39, 0.29) is 0 Å². The summed E-state index contributed by atoms with van der Waals surface area (Å²) in [6.07, 6.45) is 0. The van der Waals surface area contributed by atoms with Gasteiger partial charge in [-0.1, -0.05) is 108 Å². The average molecular weight is 499 g/mol.